The van der Waals surface area contributed by atoms with Crippen LogP contribution in [0.5, 0.6) is 0 Å². The van der Waals surface area contributed by atoms with E-state index >= 15 is 0 Å². The summed E-state index contributed by atoms with van der Waals surface area (Å²) in [5.41, 5.74) is 4.20. The molecule has 0 bridgehead atoms. The molecule has 10 heteroatoms. The highest BCUT2D eigenvalue weighted by Gasteiger charge is 2.34. The summed E-state index contributed by atoms with van der Waals surface area (Å²) in [5.74, 6) is 0.431. The summed E-state index contributed by atoms with van der Waals surface area (Å²) < 4.78 is 41.0. The molecule has 0 atom stereocenters. The summed E-state index contributed by atoms with van der Waals surface area (Å²) in [6, 6.07) is 17.2. The molecule has 2 aromatic carbocycles. The Kier molecular flexibility index (Phi) is 5.56. The summed E-state index contributed by atoms with van der Waals surface area (Å²) >= 11 is 0. The fourth-order valence-corrected chi connectivity index (χ4v) is 3.64. The second kappa shape index (κ2) is 8.71. The van der Waals surface area contributed by atoms with E-state index in [0.29, 0.717) is 17.0 Å². The molecule has 0 aliphatic heterocycles. The Bertz CT molecular complexity index is 1500. The van der Waals surface area contributed by atoms with Crippen LogP contribution in [0.4, 0.5) is 13.2 Å². The predicted molar refractivity (Wildman–Crippen MR) is 124 cm³/mol. The fraction of sp³-hybridized carbons (Fsp3) is 0.120. The number of aromatic nitrogens is 7. The van der Waals surface area contributed by atoms with Gasteiger partial charge in [-0.2, -0.15) is 18.4 Å². The molecule has 174 valence electrons. The minimum atomic E-state index is -4.63. The minimum Gasteiger partial charge on any atom is -0.261 e. The van der Waals surface area contributed by atoms with Crippen LogP contribution in [-0.2, 0) is 6.18 Å². The maximum Gasteiger partial charge on any atom is 0.433 e. The van der Waals surface area contributed by atoms with Crippen LogP contribution in [0.3, 0.4) is 0 Å². The van der Waals surface area contributed by atoms with Crippen LogP contribution in [0.1, 0.15) is 17.0 Å². The monoisotopic (exact) mass is 473 g/mol. The van der Waals surface area contributed by atoms with Gasteiger partial charge < -0.3 is 0 Å². The molecular formula is C25H18F3N7. The fourth-order valence-electron chi connectivity index (χ4n) is 3.64. The molecule has 0 amide bonds. The summed E-state index contributed by atoms with van der Waals surface area (Å²) in [7, 11) is 0. The number of aryl methyl sites for hydroxylation is 2. The van der Waals surface area contributed by atoms with E-state index in [1.54, 1.807) is 37.3 Å². The number of rotatable bonds is 4. The van der Waals surface area contributed by atoms with Crippen LogP contribution >= 0.6 is 0 Å². The highest BCUT2D eigenvalue weighted by Crippen LogP contribution is 2.34. The van der Waals surface area contributed by atoms with Crippen LogP contribution < -0.4 is 0 Å². The Morgan fingerprint density at radius 1 is 0.771 bits per heavy atom. The number of hydrogen-bond donors (Lipinski definition) is 1. The molecular weight excluding hydrogens is 455 g/mol. The van der Waals surface area contributed by atoms with E-state index in [1.165, 1.54) is 6.20 Å². The van der Waals surface area contributed by atoms with Gasteiger partial charge in [-0.25, -0.2) is 9.97 Å². The lowest BCUT2D eigenvalue weighted by Gasteiger charge is -2.12. The first kappa shape index (κ1) is 22.3. The first-order valence-electron chi connectivity index (χ1n) is 10.6. The van der Waals surface area contributed by atoms with Crippen LogP contribution in [-0.4, -0.2) is 35.6 Å². The Hall–Kier alpha value is -4.47. The largest absolute Gasteiger partial charge is 0.433 e. The third-order valence-corrected chi connectivity index (χ3v) is 5.50. The average molecular weight is 473 g/mol. The molecule has 0 unspecified atom stereocenters. The SMILES string of the molecule is Cc1ccc(-c2cc(C(F)(F)F)nc(-c3cccc(-c4ccc(C)c(-c5nn[nH]n5)c4)c3)n2)cn1. The first-order valence-corrected chi connectivity index (χ1v) is 10.6. The molecule has 5 rings (SSSR count). The number of alkyl halides is 3. The molecule has 3 aromatic heterocycles. The van der Waals surface area contributed by atoms with Gasteiger partial charge in [0.25, 0.3) is 0 Å². The van der Waals surface area contributed by atoms with Crippen molar-refractivity contribution in [3.8, 4) is 45.2 Å². The zero-order valence-corrected chi connectivity index (χ0v) is 18.7. The molecule has 0 saturated heterocycles. The minimum absolute atomic E-state index is 0.0252. The number of tetrazole rings is 1. The summed E-state index contributed by atoms with van der Waals surface area (Å²) in [6.07, 6.45) is -3.12. The van der Waals surface area contributed by atoms with Crippen LogP contribution in [0.2, 0.25) is 0 Å². The van der Waals surface area contributed by atoms with Crippen molar-refractivity contribution in [1.29, 1.82) is 0 Å². The van der Waals surface area contributed by atoms with Gasteiger partial charge in [-0.3, -0.25) is 4.98 Å². The van der Waals surface area contributed by atoms with E-state index in [2.05, 4.69) is 35.6 Å². The molecule has 0 spiro atoms. The van der Waals surface area contributed by atoms with Gasteiger partial charge >= 0.3 is 6.18 Å². The second-order valence-electron chi connectivity index (χ2n) is 7.99. The van der Waals surface area contributed by atoms with Crippen LogP contribution in [0, 0.1) is 13.8 Å². The van der Waals surface area contributed by atoms with Crippen LogP contribution in [0.25, 0.3) is 45.2 Å². The third kappa shape index (κ3) is 4.63. The Labute approximate surface area is 198 Å². The Morgan fingerprint density at radius 2 is 1.54 bits per heavy atom. The van der Waals surface area contributed by atoms with E-state index in [9.17, 15) is 13.2 Å². The molecule has 0 aliphatic rings. The van der Waals surface area contributed by atoms with Gasteiger partial charge in [0.2, 0.25) is 5.82 Å². The molecule has 0 fully saturated rings. The lowest BCUT2D eigenvalue weighted by Crippen LogP contribution is -2.10. The van der Waals surface area contributed by atoms with E-state index in [1.807, 2.05) is 31.2 Å². The lowest BCUT2D eigenvalue weighted by atomic mass is 9.98. The van der Waals surface area contributed by atoms with Crippen molar-refractivity contribution in [3.63, 3.8) is 0 Å². The van der Waals surface area contributed by atoms with Crippen molar-refractivity contribution in [2.45, 2.75) is 20.0 Å². The topological polar surface area (TPSA) is 93.1 Å². The highest BCUT2D eigenvalue weighted by atomic mass is 19.4. The van der Waals surface area contributed by atoms with Crippen molar-refractivity contribution >= 4 is 0 Å². The zero-order valence-electron chi connectivity index (χ0n) is 18.7. The van der Waals surface area contributed by atoms with Gasteiger partial charge in [0, 0.05) is 28.6 Å². The number of H-pyrrole nitrogens is 1. The summed E-state index contributed by atoms with van der Waals surface area (Å²) in [5, 5.41) is 14.1. The van der Waals surface area contributed by atoms with Crippen molar-refractivity contribution in [3.05, 3.63) is 83.8 Å². The normalized spacial score (nSPS) is 11.6. The smallest absolute Gasteiger partial charge is 0.261 e. The van der Waals surface area contributed by atoms with Gasteiger partial charge in [0.1, 0.15) is 5.69 Å². The summed E-state index contributed by atoms with van der Waals surface area (Å²) in [4.78, 5) is 12.5. The molecule has 35 heavy (non-hydrogen) atoms. The number of hydrogen-bond acceptors (Lipinski definition) is 6. The van der Waals surface area contributed by atoms with Gasteiger partial charge in [-0.15, -0.1) is 10.2 Å². The number of benzene rings is 2. The molecule has 0 saturated carbocycles. The number of pyridine rings is 1. The van der Waals surface area contributed by atoms with Gasteiger partial charge in [0.05, 0.1) is 5.69 Å². The first-order chi connectivity index (χ1) is 16.8. The van der Waals surface area contributed by atoms with E-state index in [-0.39, 0.29) is 11.5 Å². The molecule has 5 aromatic rings. The third-order valence-electron chi connectivity index (χ3n) is 5.50. The predicted octanol–water partition coefficient (Wildman–Crippen LogP) is 5.69. The van der Waals surface area contributed by atoms with Crippen LogP contribution in [0.15, 0.2) is 66.9 Å². The summed E-state index contributed by atoms with van der Waals surface area (Å²) in [6.45, 7) is 3.74. The maximum atomic E-state index is 13.7. The maximum absolute atomic E-state index is 13.7. The molecule has 7 nitrogen and oxygen atoms in total. The molecule has 0 aliphatic carbocycles. The number of halogens is 3. The molecule has 0 radical (unpaired) electrons. The van der Waals surface area contributed by atoms with Gasteiger partial charge in [-0.1, -0.05) is 30.3 Å². The number of nitrogens with zero attached hydrogens (tertiary/aromatic N) is 6. The number of aromatic amines is 1. The zero-order chi connectivity index (χ0) is 24.6. The van der Waals surface area contributed by atoms with Gasteiger partial charge in [-0.05, 0) is 66.1 Å². The highest BCUT2D eigenvalue weighted by molar-refractivity contribution is 5.75. The lowest BCUT2D eigenvalue weighted by molar-refractivity contribution is -0.141. The van der Waals surface area contributed by atoms with E-state index in [4.69, 9.17) is 0 Å². The van der Waals surface area contributed by atoms with Crippen molar-refractivity contribution < 1.29 is 13.2 Å². The second-order valence-corrected chi connectivity index (χ2v) is 7.99. The molecule has 3 heterocycles. The van der Waals surface area contributed by atoms with E-state index < -0.39 is 11.9 Å². The molecule has 1 N–H and O–H groups in total. The number of nitrogens with one attached hydrogen (secondary N) is 1. The van der Waals surface area contributed by atoms with E-state index in [0.717, 1.165) is 34.0 Å². The van der Waals surface area contributed by atoms with Crippen molar-refractivity contribution in [1.82, 2.24) is 35.6 Å². The standard InChI is InChI=1S/C25H18F3N7/c1-14-6-8-17(11-20(14)24-32-34-35-33-24)16-4-3-5-18(10-16)23-30-21(12-22(31-23)25(26,27)28)19-9-7-15(2)29-13-19/h3-13H,1-2H3,(H,32,33,34,35). The Morgan fingerprint density at radius 3 is 2.26 bits per heavy atom. The van der Waals surface area contributed by atoms with Gasteiger partial charge in [0.15, 0.2) is 5.82 Å². The Balaban J connectivity index is 1.61. The van der Waals surface area contributed by atoms with Crippen molar-refractivity contribution in [2.24, 2.45) is 0 Å². The average Bonchev–Trinajstić information content (AvgIpc) is 3.39. The quantitative estimate of drug-likeness (QED) is 0.361. The van der Waals surface area contributed by atoms with Crippen molar-refractivity contribution in [2.75, 3.05) is 0 Å².